The molecule has 0 radical (unpaired) electrons. The summed E-state index contributed by atoms with van der Waals surface area (Å²) >= 11 is 1.51. The first-order valence-electron chi connectivity index (χ1n) is 6.00. The minimum atomic E-state index is 0.0158. The molecule has 2 rings (SSSR count). The molecular weight excluding hydrogens is 244 g/mol. The number of nitrogens with zero attached hydrogens (tertiary/aromatic N) is 2. The highest BCUT2D eigenvalue weighted by Crippen LogP contribution is 2.29. The highest BCUT2D eigenvalue weighted by molar-refractivity contribution is 7.14. The minimum absolute atomic E-state index is 0.0158. The van der Waals surface area contributed by atoms with Crippen molar-refractivity contribution in [1.82, 2.24) is 9.97 Å². The number of thiophene rings is 1. The third-order valence-electron chi connectivity index (χ3n) is 3.11. The van der Waals surface area contributed by atoms with Crippen LogP contribution in [-0.4, -0.2) is 15.8 Å². The van der Waals surface area contributed by atoms with Gasteiger partial charge in [-0.05, 0) is 23.4 Å². The van der Waals surface area contributed by atoms with Gasteiger partial charge < -0.3 is 0 Å². The van der Waals surface area contributed by atoms with Gasteiger partial charge in [-0.25, -0.2) is 9.97 Å². The zero-order valence-electron chi connectivity index (χ0n) is 10.8. The van der Waals surface area contributed by atoms with Crippen molar-refractivity contribution in [3.63, 3.8) is 0 Å². The molecular formula is C14H16N2OS. The van der Waals surface area contributed by atoms with E-state index in [1.165, 1.54) is 11.3 Å². The lowest BCUT2D eigenvalue weighted by molar-refractivity contribution is 0.0901. The standard InChI is InChI=1S/C14H16N2OS/c1-9(2)10(3)12(17)11-5-8-18-13(11)14-15-6-4-7-16-14/h4-10H,1-3H3/t10-/m1/s1. The van der Waals surface area contributed by atoms with E-state index in [2.05, 4.69) is 23.8 Å². The molecule has 3 nitrogen and oxygen atoms in total. The summed E-state index contributed by atoms with van der Waals surface area (Å²) < 4.78 is 0. The number of carbonyl (C=O) groups is 1. The van der Waals surface area contributed by atoms with E-state index < -0.39 is 0 Å². The maximum Gasteiger partial charge on any atom is 0.170 e. The van der Waals surface area contributed by atoms with Gasteiger partial charge in [0.2, 0.25) is 0 Å². The predicted octanol–water partition coefficient (Wildman–Crippen LogP) is 3.68. The number of carbonyl (C=O) groups excluding carboxylic acids is 1. The van der Waals surface area contributed by atoms with Crippen LogP contribution in [0.2, 0.25) is 0 Å². The SMILES string of the molecule is CC(C)[C@@H](C)C(=O)c1ccsc1-c1ncccn1. The van der Waals surface area contributed by atoms with Crippen LogP contribution in [-0.2, 0) is 0 Å². The predicted molar refractivity (Wildman–Crippen MR) is 73.7 cm³/mol. The molecule has 0 aliphatic carbocycles. The summed E-state index contributed by atoms with van der Waals surface area (Å²) in [6, 6.07) is 3.65. The summed E-state index contributed by atoms with van der Waals surface area (Å²) in [5, 5.41) is 1.92. The van der Waals surface area contributed by atoms with Gasteiger partial charge in [-0.15, -0.1) is 11.3 Å². The molecule has 0 spiro atoms. The molecule has 0 fully saturated rings. The molecule has 2 aromatic heterocycles. The first-order valence-corrected chi connectivity index (χ1v) is 6.88. The highest BCUT2D eigenvalue weighted by Gasteiger charge is 2.23. The van der Waals surface area contributed by atoms with E-state index in [0.29, 0.717) is 11.7 Å². The largest absolute Gasteiger partial charge is 0.294 e. The molecule has 0 N–H and O–H groups in total. The van der Waals surface area contributed by atoms with Crippen molar-refractivity contribution >= 4 is 17.1 Å². The summed E-state index contributed by atoms with van der Waals surface area (Å²) in [6.07, 6.45) is 3.39. The molecule has 0 saturated carbocycles. The molecule has 0 amide bonds. The van der Waals surface area contributed by atoms with E-state index >= 15 is 0 Å². The number of ketones is 1. The second-order valence-corrected chi connectivity index (χ2v) is 5.55. The Morgan fingerprint density at radius 2 is 1.89 bits per heavy atom. The monoisotopic (exact) mass is 260 g/mol. The molecule has 0 aliphatic rings. The van der Waals surface area contributed by atoms with E-state index in [9.17, 15) is 4.79 Å². The number of hydrogen-bond donors (Lipinski definition) is 0. The quantitative estimate of drug-likeness (QED) is 0.787. The lowest BCUT2D eigenvalue weighted by Gasteiger charge is -2.14. The molecule has 0 aliphatic heterocycles. The summed E-state index contributed by atoms with van der Waals surface area (Å²) in [4.78, 5) is 21.7. The van der Waals surface area contributed by atoms with Gasteiger partial charge in [0.25, 0.3) is 0 Å². The lowest BCUT2D eigenvalue weighted by Crippen LogP contribution is -2.17. The van der Waals surface area contributed by atoms with Crippen molar-refractivity contribution in [1.29, 1.82) is 0 Å². The Balaban J connectivity index is 2.37. The molecule has 2 heterocycles. The average molecular weight is 260 g/mol. The highest BCUT2D eigenvalue weighted by atomic mass is 32.1. The second-order valence-electron chi connectivity index (χ2n) is 4.63. The summed E-state index contributed by atoms with van der Waals surface area (Å²) in [5.74, 6) is 1.16. The fourth-order valence-corrected chi connectivity index (χ4v) is 2.49. The topological polar surface area (TPSA) is 42.9 Å². The Morgan fingerprint density at radius 3 is 2.50 bits per heavy atom. The number of Topliss-reactive ketones (excluding diaryl/α,β-unsaturated/α-hetero) is 1. The van der Waals surface area contributed by atoms with E-state index in [4.69, 9.17) is 0 Å². The van der Waals surface area contributed by atoms with E-state index in [-0.39, 0.29) is 11.7 Å². The molecule has 1 atom stereocenters. The molecule has 0 bridgehead atoms. The van der Waals surface area contributed by atoms with Crippen molar-refractivity contribution in [2.75, 3.05) is 0 Å². The Morgan fingerprint density at radius 1 is 1.22 bits per heavy atom. The van der Waals surface area contributed by atoms with Crippen LogP contribution in [0.15, 0.2) is 29.9 Å². The summed E-state index contributed by atoms with van der Waals surface area (Å²) in [7, 11) is 0. The normalized spacial score (nSPS) is 12.7. The number of aromatic nitrogens is 2. The van der Waals surface area contributed by atoms with Crippen LogP contribution < -0.4 is 0 Å². The summed E-state index contributed by atoms with van der Waals surface area (Å²) in [6.45, 7) is 6.10. The molecule has 0 saturated heterocycles. The van der Waals surface area contributed by atoms with Gasteiger partial charge in [0.15, 0.2) is 11.6 Å². The van der Waals surface area contributed by atoms with E-state index in [1.54, 1.807) is 18.5 Å². The first kappa shape index (κ1) is 12.9. The van der Waals surface area contributed by atoms with Crippen molar-refractivity contribution in [3.05, 3.63) is 35.5 Å². The average Bonchev–Trinajstić information content (AvgIpc) is 2.87. The third kappa shape index (κ3) is 2.48. The maximum atomic E-state index is 12.4. The van der Waals surface area contributed by atoms with Crippen LogP contribution >= 0.6 is 11.3 Å². The van der Waals surface area contributed by atoms with Gasteiger partial charge >= 0.3 is 0 Å². The van der Waals surface area contributed by atoms with E-state index in [1.807, 2.05) is 18.4 Å². The van der Waals surface area contributed by atoms with Gasteiger partial charge in [0.05, 0.1) is 4.88 Å². The number of rotatable bonds is 4. The van der Waals surface area contributed by atoms with Crippen LogP contribution in [0.1, 0.15) is 31.1 Å². The molecule has 0 unspecified atom stereocenters. The Bertz CT molecular complexity index is 534. The van der Waals surface area contributed by atoms with Crippen molar-refractivity contribution < 1.29 is 4.79 Å². The van der Waals surface area contributed by atoms with Crippen molar-refractivity contribution in [3.8, 4) is 10.7 Å². The fraction of sp³-hybridized carbons (Fsp3) is 0.357. The lowest BCUT2D eigenvalue weighted by atomic mass is 9.90. The molecule has 94 valence electrons. The van der Waals surface area contributed by atoms with E-state index in [0.717, 1.165) is 10.4 Å². The molecule has 0 aromatic carbocycles. The van der Waals surface area contributed by atoms with Crippen molar-refractivity contribution in [2.24, 2.45) is 11.8 Å². The van der Waals surface area contributed by atoms with Gasteiger partial charge in [-0.2, -0.15) is 0 Å². The first-order chi connectivity index (χ1) is 8.61. The zero-order valence-corrected chi connectivity index (χ0v) is 11.6. The van der Waals surface area contributed by atoms with Gasteiger partial charge in [-0.3, -0.25) is 4.79 Å². The van der Waals surface area contributed by atoms with Crippen molar-refractivity contribution in [2.45, 2.75) is 20.8 Å². The van der Waals surface area contributed by atoms with Crippen LogP contribution in [0.3, 0.4) is 0 Å². The Kier molecular flexibility index (Phi) is 3.87. The minimum Gasteiger partial charge on any atom is -0.294 e. The third-order valence-corrected chi connectivity index (χ3v) is 4.02. The summed E-state index contributed by atoms with van der Waals surface area (Å²) in [5.41, 5.74) is 0.743. The Hall–Kier alpha value is -1.55. The van der Waals surface area contributed by atoms with Gasteiger partial charge in [0, 0.05) is 23.9 Å². The molecule has 18 heavy (non-hydrogen) atoms. The number of hydrogen-bond acceptors (Lipinski definition) is 4. The van der Waals surface area contributed by atoms with Crippen LogP contribution in [0, 0.1) is 11.8 Å². The fourth-order valence-electron chi connectivity index (χ4n) is 1.64. The molecule has 4 heteroatoms. The van der Waals surface area contributed by atoms with Crippen LogP contribution in [0.25, 0.3) is 10.7 Å². The maximum absolute atomic E-state index is 12.4. The van der Waals surface area contributed by atoms with Crippen LogP contribution in [0.4, 0.5) is 0 Å². The van der Waals surface area contributed by atoms with Crippen LogP contribution in [0.5, 0.6) is 0 Å². The smallest absolute Gasteiger partial charge is 0.170 e. The zero-order chi connectivity index (χ0) is 13.1. The van der Waals surface area contributed by atoms with Gasteiger partial charge in [-0.1, -0.05) is 20.8 Å². The molecule has 2 aromatic rings. The Labute approximate surface area is 111 Å². The second kappa shape index (κ2) is 5.40. The van der Waals surface area contributed by atoms with Gasteiger partial charge in [0.1, 0.15) is 0 Å².